The lowest BCUT2D eigenvalue weighted by atomic mass is 9.77. The van der Waals surface area contributed by atoms with Crippen LogP contribution in [0.15, 0.2) is 0 Å². The highest BCUT2D eigenvalue weighted by atomic mass is 28.4. The van der Waals surface area contributed by atoms with Gasteiger partial charge in [-0.25, -0.2) is 0 Å². The number of ketones is 1. The van der Waals surface area contributed by atoms with Crippen LogP contribution < -0.4 is 0 Å². The van der Waals surface area contributed by atoms with Gasteiger partial charge in [0.15, 0.2) is 8.32 Å². The van der Waals surface area contributed by atoms with Gasteiger partial charge < -0.3 is 4.43 Å². The van der Waals surface area contributed by atoms with Gasteiger partial charge in [-0.15, -0.1) is 0 Å². The average Bonchev–Trinajstić information content (AvgIpc) is 2.30. The van der Waals surface area contributed by atoms with E-state index < -0.39 is 8.32 Å². The monoisotopic (exact) mass is 298 g/mol. The number of carbonyl (C=O) groups is 1. The molecule has 0 bridgehead atoms. The van der Waals surface area contributed by atoms with Crippen LogP contribution in [-0.2, 0) is 9.22 Å². The molecule has 0 N–H and O–H groups in total. The van der Waals surface area contributed by atoms with E-state index in [1.54, 1.807) is 0 Å². The van der Waals surface area contributed by atoms with Crippen LogP contribution in [0, 0.1) is 11.8 Å². The van der Waals surface area contributed by atoms with Crippen molar-refractivity contribution in [2.75, 3.05) is 6.61 Å². The maximum atomic E-state index is 11.9. The summed E-state index contributed by atoms with van der Waals surface area (Å²) < 4.78 is 6.19. The van der Waals surface area contributed by atoms with Crippen molar-refractivity contribution >= 4 is 14.1 Å². The summed E-state index contributed by atoms with van der Waals surface area (Å²) in [5.41, 5.74) is 0. The van der Waals surface area contributed by atoms with Gasteiger partial charge in [-0.1, -0.05) is 34.1 Å². The molecule has 1 fully saturated rings. The Morgan fingerprint density at radius 1 is 1.25 bits per heavy atom. The first-order valence-corrected chi connectivity index (χ1v) is 11.2. The Morgan fingerprint density at radius 3 is 2.45 bits per heavy atom. The fourth-order valence-electron chi connectivity index (χ4n) is 2.76. The molecule has 0 heterocycles. The van der Waals surface area contributed by atoms with Crippen LogP contribution >= 0.6 is 0 Å². The number of rotatable bonds is 6. The van der Waals surface area contributed by atoms with E-state index in [9.17, 15) is 4.79 Å². The zero-order valence-corrected chi connectivity index (χ0v) is 15.4. The van der Waals surface area contributed by atoms with Crippen LogP contribution in [0.4, 0.5) is 0 Å². The molecule has 0 aliphatic heterocycles. The van der Waals surface area contributed by atoms with Gasteiger partial charge in [0, 0.05) is 18.9 Å². The Kier molecular flexibility index (Phi) is 6.46. The van der Waals surface area contributed by atoms with Crippen molar-refractivity contribution < 1.29 is 9.22 Å². The van der Waals surface area contributed by atoms with Crippen molar-refractivity contribution in [1.29, 1.82) is 0 Å². The molecule has 1 rings (SSSR count). The fraction of sp³-hybridized carbons (Fsp3) is 0.941. The Morgan fingerprint density at radius 2 is 1.90 bits per heavy atom. The molecule has 20 heavy (non-hydrogen) atoms. The first-order chi connectivity index (χ1) is 9.15. The molecule has 0 aromatic rings. The molecule has 1 saturated carbocycles. The summed E-state index contributed by atoms with van der Waals surface area (Å²) in [5, 5.41) is 0.293. The third-order valence-electron chi connectivity index (χ3n) is 5.36. The molecule has 0 amide bonds. The lowest BCUT2D eigenvalue weighted by molar-refractivity contribution is -0.126. The van der Waals surface area contributed by atoms with Crippen molar-refractivity contribution in [3.8, 4) is 0 Å². The second kappa shape index (κ2) is 7.21. The summed E-state index contributed by atoms with van der Waals surface area (Å²) >= 11 is 0. The normalized spacial score (nSPS) is 25.0. The number of unbranched alkanes of at least 4 members (excludes halogenated alkanes) is 1. The number of Topliss-reactive ketones (excluding diaryl/α,β-unsaturated/α-hetero) is 1. The van der Waals surface area contributed by atoms with Gasteiger partial charge in [0.1, 0.15) is 5.78 Å². The van der Waals surface area contributed by atoms with E-state index in [4.69, 9.17) is 4.43 Å². The highest BCUT2D eigenvalue weighted by Gasteiger charge is 2.36. The molecular formula is C17H34O2Si. The predicted octanol–water partition coefficient (Wildman–Crippen LogP) is 5.18. The molecule has 0 aromatic carbocycles. The molecule has 0 spiro atoms. The van der Waals surface area contributed by atoms with Gasteiger partial charge in [0.25, 0.3) is 0 Å². The molecule has 3 heteroatoms. The van der Waals surface area contributed by atoms with Crippen LogP contribution in [0.3, 0.4) is 0 Å². The van der Waals surface area contributed by atoms with Crippen LogP contribution in [0.2, 0.25) is 18.1 Å². The van der Waals surface area contributed by atoms with Crippen molar-refractivity contribution in [1.82, 2.24) is 0 Å². The Bertz CT molecular complexity index is 317. The van der Waals surface area contributed by atoms with Crippen molar-refractivity contribution in [2.24, 2.45) is 11.8 Å². The van der Waals surface area contributed by atoms with Gasteiger partial charge >= 0.3 is 0 Å². The SMILES string of the molecule is C[C@H]1CCCC(=O)[C@@H]1CCCCO[Si](C)(C)C(C)(C)C. The molecule has 2 atom stereocenters. The molecule has 1 aliphatic rings. The van der Waals surface area contributed by atoms with Crippen LogP contribution in [0.5, 0.6) is 0 Å². The zero-order valence-electron chi connectivity index (χ0n) is 14.4. The molecule has 0 radical (unpaired) electrons. The number of hydrogen-bond acceptors (Lipinski definition) is 2. The number of carbonyl (C=O) groups excluding carboxylic acids is 1. The Labute approximate surface area is 126 Å². The van der Waals surface area contributed by atoms with E-state index in [0.29, 0.717) is 22.7 Å². The third kappa shape index (κ3) is 4.99. The first kappa shape index (κ1) is 17.9. The first-order valence-electron chi connectivity index (χ1n) is 8.32. The highest BCUT2D eigenvalue weighted by Crippen LogP contribution is 2.36. The van der Waals surface area contributed by atoms with E-state index in [1.165, 1.54) is 6.42 Å². The Balaban J connectivity index is 2.24. The average molecular weight is 299 g/mol. The van der Waals surface area contributed by atoms with Gasteiger partial charge in [-0.3, -0.25) is 4.79 Å². The second-order valence-corrected chi connectivity index (χ2v) is 12.9. The molecular weight excluding hydrogens is 264 g/mol. The van der Waals surface area contributed by atoms with Gasteiger partial charge in [-0.05, 0) is 49.7 Å². The van der Waals surface area contributed by atoms with E-state index in [2.05, 4.69) is 40.8 Å². The molecule has 0 unspecified atom stereocenters. The summed E-state index contributed by atoms with van der Waals surface area (Å²) in [4.78, 5) is 11.9. The van der Waals surface area contributed by atoms with Crippen LogP contribution in [0.1, 0.15) is 66.2 Å². The summed E-state index contributed by atoms with van der Waals surface area (Å²) in [6, 6.07) is 0. The maximum Gasteiger partial charge on any atom is 0.191 e. The molecule has 0 aromatic heterocycles. The predicted molar refractivity (Wildman–Crippen MR) is 88.5 cm³/mol. The standard InChI is InChI=1S/C17H34O2Si/c1-14-10-9-12-16(18)15(14)11-7-8-13-19-20(5,6)17(2,3)4/h14-15H,7-13H2,1-6H3/t14-,15+/m0/s1. The zero-order chi connectivity index (χ0) is 15.4. The van der Waals surface area contributed by atoms with Crippen LogP contribution in [-0.4, -0.2) is 20.7 Å². The third-order valence-corrected chi connectivity index (χ3v) is 9.90. The van der Waals surface area contributed by atoms with E-state index in [-0.39, 0.29) is 0 Å². The lowest BCUT2D eigenvalue weighted by Gasteiger charge is -2.36. The summed E-state index contributed by atoms with van der Waals surface area (Å²) in [6.45, 7) is 14.6. The summed E-state index contributed by atoms with van der Waals surface area (Å²) in [6.07, 6.45) is 6.45. The molecule has 1 aliphatic carbocycles. The Hall–Kier alpha value is -0.153. The van der Waals surface area contributed by atoms with E-state index >= 15 is 0 Å². The molecule has 118 valence electrons. The second-order valence-electron chi connectivity index (χ2n) is 8.05. The van der Waals surface area contributed by atoms with Crippen molar-refractivity contribution in [3.63, 3.8) is 0 Å². The number of hydrogen-bond donors (Lipinski definition) is 0. The molecule has 2 nitrogen and oxygen atoms in total. The topological polar surface area (TPSA) is 26.3 Å². The highest BCUT2D eigenvalue weighted by molar-refractivity contribution is 6.74. The summed E-state index contributed by atoms with van der Waals surface area (Å²) in [5.74, 6) is 1.43. The van der Waals surface area contributed by atoms with E-state index in [0.717, 1.165) is 38.7 Å². The van der Waals surface area contributed by atoms with Gasteiger partial charge in [-0.2, -0.15) is 0 Å². The van der Waals surface area contributed by atoms with Crippen molar-refractivity contribution in [2.45, 2.75) is 84.4 Å². The minimum absolute atomic E-state index is 0.293. The van der Waals surface area contributed by atoms with E-state index in [1.807, 2.05) is 0 Å². The van der Waals surface area contributed by atoms with Gasteiger partial charge in [0.05, 0.1) is 0 Å². The minimum Gasteiger partial charge on any atom is -0.417 e. The quantitative estimate of drug-likeness (QED) is 0.498. The lowest BCUT2D eigenvalue weighted by Crippen LogP contribution is -2.41. The largest absolute Gasteiger partial charge is 0.417 e. The smallest absolute Gasteiger partial charge is 0.191 e. The summed E-state index contributed by atoms with van der Waals surface area (Å²) in [7, 11) is -1.59. The minimum atomic E-state index is -1.59. The van der Waals surface area contributed by atoms with Crippen LogP contribution in [0.25, 0.3) is 0 Å². The van der Waals surface area contributed by atoms with Gasteiger partial charge in [0.2, 0.25) is 0 Å². The molecule has 0 saturated heterocycles. The van der Waals surface area contributed by atoms with Crippen molar-refractivity contribution in [3.05, 3.63) is 0 Å². The fourth-order valence-corrected chi connectivity index (χ4v) is 3.85. The maximum absolute atomic E-state index is 11.9.